The third-order valence-corrected chi connectivity index (χ3v) is 1.44. The number of carboxylic acids is 1. The Balaban J connectivity index is 2.68. The topological polar surface area (TPSA) is 76.2 Å². The van der Waals surface area contributed by atoms with Crippen molar-refractivity contribution in [2.24, 2.45) is 0 Å². The second kappa shape index (κ2) is 2.30. The maximum absolute atomic E-state index is 10.5. The summed E-state index contributed by atoms with van der Waals surface area (Å²) in [6.07, 6.45) is 2.46. The molecule has 5 heteroatoms. The molecule has 0 bridgehead atoms. The molecule has 60 valence electrons. The van der Waals surface area contributed by atoms with Gasteiger partial charge < -0.3 is 9.52 Å². The number of carboxylic acid groups (broad SMARTS) is 1. The zero-order chi connectivity index (χ0) is 8.55. The Hall–Kier alpha value is -1.91. The molecule has 2 heterocycles. The minimum atomic E-state index is -1.02. The smallest absolute Gasteiger partial charge is 0.337 e. The minimum absolute atomic E-state index is 0.108. The van der Waals surface area contributed by atoms with Gasteiger partial charge in [0.25, 0.3) is 0 Å². The van der Waals surface area contributed by atoms with Crippen molar-refractivity contribution in [2.45, 2.75) is 0 Å². The number of fused-ring (bicyclic) bond motifs is 1. The van der Waals surface area contributed by atoms with Crippen molar-refractivity contribution in [3.05, 3.63) is 24.2 Å². The van der Waals surface area contributed by atoms with E-state index in [0.717, 1.165) is 0 Å². The summed E-state index contributed by atoms with van der Waals surface area (Å²) in [5.74, 6) is -1.02. The van der Waals surface area contributed by atoms with Crippen LogP contribution in [0.3, 0.4) is 0 Å². The highest BCUT2D eigenvalue weighted by atomic mass is 16.4. The minimum Gasteiger partial charge on any atom is -0.478 e. The Kier molecular flexibility index (Phi) is 1.30. The van der Waals surface area contributed by atoms with Crippen LogP contribution in [0.15, 0.2) is 23.1 Å². The van der Waals surface area contributed by atoms with Gasteiger partial charge in [-0.2, -0.15) is 0 Å². The summed E-state index contributed by atoms with van der Waals surface area (Å²) in [5.41, 5.74) is 0.909. The van der Waals surface area contributed by atoms with Crippen molar-refractivity contribution >= 4 is 17.2 Å². The van der Waals surface area contributed by atoms with E-state index >= 15 is 0 Å². The van der Waals surface area contributed by atoms with Crippen LogP contribution in [0.1, 0.15) is 10.4 Å². The van der Waals surface area contributed by atoms with E-state index in [-0.39, 0.29) is 5.56 Å². The summed E-state index contributed by atoms with van der Waals surface area (Å²) < 4.78 is 4.84. The number of oxazole rings is 1. The molecule has 0 radical (unpaired) electrons. The second-order valence-corrected chi connectivity index (χ2v) is 2.21. The molecule has 0 aliphatic rings. The highest BCUT2D eigenvalue weighted by molar-refractivity contribution is 5.90. The fourth-order valence-corrected chi connectivity index (χ4v) is 0.874. The molecule has 0 spiro atoms. The first-order valence-electron chi connectivity index (χ1n) is 3.20. The first-order chi connectivity index (χ1) is 5.77. The van der Waals surface area contributed by atoms with Crippen LogP contribution in [0, 0.1) is 0 Å². The van der Waals surface area contributed by atoms with Crippen LogP contribution in [0.25, 0.3) is 11.2 Å². The monoisotopic (exact) mass is 164 g/mol. The highest BCUT2D eigenvalue weighted by Gasteiger charge is 2.06. The fourth-order valence-electron chi connectivity index (χ4n) is 0.874. The molecule has 0 aliphatic carbocycles. The van der Waals surface area contributed by atoms with E-state index in [1.165, 1.54) is 18.7 Å². The van der Waals surface area contributed by atoms with E-state index in [1.807, 2.05) is 0 Å². The first-order valence-corrected chi connectivity index (χ1v) is 3.20. The molecule has 0 amide bonds. The van der Waals surface area contributed by atoms with Crippen molar-refractivity contribution in [1.29, 1.82) is 0 Å². The summed E-state index contributed by atoms with van der Waals surface area (Å²) in [5, 5.41) is 8.58. The largest absolute Gasteiger partial charge is 0.478 e. The molecule has 0 aliphatic heterocycles. The van der Waals surface area contributed by atoms with Crippen molar-refractivity contribution in [1.82, 2.24) is 9.97 Å². The highest BCUT2D eigenvalue weighted by Crippen LogP contribution is 2.10. The molecule has 0 atom stereocenters. The van der Waals surface area contributed by atoms with E-state index in [9.17, 15) is 4.79 Å². The van der Waals surface area contributed by atoms with Crippen molar-refractivity contribution in [2.75, 3.05) is 0 Å². The maximum atomic E-state index is 10.5. The number of carbonyl (C=O) groups is 1. The maximum Gasteiger partial charge on any atom is 0.337 e. The number of aromatic nitrogens is 2. The molecule has 0 saturated heterocycles. The molecular formula is C7H4N2O3. The van der Waals surface area contributed by atoms with Crippen LogP contribution in [-0.4, -0.2) is 21.0 Å². The zero-order valence-electron chi connectivity index (χ0n) is 5.89. The SMILES string of the molecule is O=C(O)c1cnc2ocnc2c1. The Morgan fingerprint density at radius 1 is 1.50 bits per heavy atom. The van der Waals surface area contributed by atoms with E-state index in [2.05, 4.69) is 9.97 Å². The molecule has 0 unspecified atom stereocenters. The van der Waals surface area contributed by atoms with Gasteiger partial charge in [-0.25, -0.2) is 14.8 Å². The molecule has 0 saturated carbocycles. The predicted octanol–water partition coefficient (Wildman–Crippen LogP) is 0.921. The number of nitrogens with zero attached hydrogens (tertiary/aromatic N) is 2. The van der Waals surface area contributed by atoms with E-state index in [4.69, 9.17) is 9.52 Å². The Bertz CT molecular complexity index is 435. The first kappa shape index (κ1) is 6.78. The van der Waals surface area contributed by atoms with Crippen molar-refractivity contribution in [3.63, 3.8) is 0 Å². The third kappa shape index (κ3) is 0.914. The lowest BCUT2D eigenvalue weighted by atomic mass is 10.3. The predicted molar refractivity (Wildman–Crippen MR) is 38.8 cm³/mol. The molecule has 12 heavy (non-hydrogen) atoms. The summed E-state index contributed by atoms with van der Waals surface area (Å²) >= 11 is 0. The number of hydrogen-bond acceptors (Lipinski definition) is 4. The Morgan fingerprint density at radius 2 is 2.33 bits per heavy atom. The standard InChI is InChI=1S/C7H4N2O3/c10-7(11)4-1-5-6(8-2-4)12-3-9-5/h1-3H,(H,10,11). The Morgan fingerprint density at radius 3 is 3.08 bits per heavy atom. The summed E-state index contributed by atoms with van der Waals surface area (Å²) in [6.45, 7) is 0. The van der Waals surface area contributed by atoms with Gasteiger partial charge in [-0.1, -0.05) is 0 Å². The average molecular weight is 164 g/mol. The van der Waals surface area contributed by atoms with Gasteiger partial charge in [0.2, 0.25) is 5.71 Å². The lowest BCUT2D eigenvalue weighted by Gasteiger charge is -1.90. The van der Waals surface area contributed by atoms with Crippen LogP contribution < -0.4 is 0 Å². The molecule has 1 N–H and O–H groups in total. The molecule has 0 aromatic carbocycles. The van der Waals surface area contributed by atoms with Crippen LogP contribution >= 0.6 is 0 Å². The van der Waals surface area contributed by atoms with Gasteiger partial charge in [-0.15, -0.1) is 0 Å². The van der Waals surface area contributed by atoms with Crippen molar-refractivity contribution < 1.29 is 14.3 Å². The van der Waals surface area contributed by atoms with Crippen LogP contribution in [0.2, 0.25) is 0 Å². The lowest BCUT2D eigenvalue weighted by molar-refractivity contribution is 0.0696. The number of aromatic carboxylic acids is 1. The lowest BCUT2D eigenvalue weighted by Crippen LogP contribution is -1.96. The zero-order valence-corrected chi connectivity index (χ0v) is 5.89. The quantitative estimate of drug-likeness (QED) is 0.678. The summed E-state index contributed by atoms with van der Waals surface area (Å²) in [6, 6.07) is 1.41. The van der Waals surface area contributed by atoms with E-state index < -0.39 is 5.97 Å². The Labute approximate surface area is 66.7 Å². The van der Waals surface area contributed by atoms with Gasteiger partial charge in [-0.3, -0.25) is 0 Å². The molecule has 2 aromatic rings. The van der Waals surface area contributed by atoms with Gasteiger partial charge in [0.05, 0.1) is 5.56 Å². The van der Waals surface area contributed by atoms with Gasteiger partial charge in [0.1, 0.15) is 5.52 Å². The number of rotatable bonds is 1. The molecule has 5 nitrogen and oxygen atoms in total. The third-order valence-electron chi connectivity index (χ3n) is 1.44. The van der Waals surface area contributed by atoms with E-state index in [0.29, 0.717) is 11.2 Å². The summed E-state index contributed by atoms with van der Waals surface area (Å²) in [7, 11) is 0. The van der Waals surface area contributed by atoms with E-state index in [1.54, 1.807) is 0 Å². The van der Waals surface area contributed by atoms with Gasteiger partial charge in [-0.05, 0) is 6.07 Å². The normalized spacial score (nSPS) is 10.3. The number of hydrogen-bond donors (Lipinski definition) is 1. The van der Waals surface area contributed by atoms with Gasteiger partial charge in [0, 0.05) is 6.20 Å². The van der Waals surface area contributed by atoms with Crippen molar-refractivity contribution in [3.8, 4) is 0 Å². The molecular weight excluding hydrogens is 160 g/mol. The molecule has 0 fully saturated rings. The van der Waals surface area contributed by atoms with Gasteiger partial charge >= 0.3 is 5.97 Å². The van der Waals surface area contributed by atoms with Crippen LogP contribution in [-0.2, 0) is 0 Å². The van der Waals surface area contributed by atoms with Crippen LogP contribution in [0.5, 0.6) is 0 Å². The van der Waals surface area contributed by atoms with Crippen LogP contribution in [0.4, 0.5) is 0 Å². The molecule has 2 rings (SSSR count). The van der Waals surface area contributed by atoms with Gasteiger partial charge in [0.15, 0.2) is 6.39 Å². The average Bonchev–Trinajstić information content (AvgIpc) is 2.49. The fraction of sp³-hybridized carbons (Fsp3) is 0. The second-order valence-electron chi connectivity index (χ2n) is 2.21. The molecule has 2 aromatic heterocycles. The summed E-state index contributed by atoms with van der Waals surface area (Å²) in [4.78, 5) is 18.0. The number of pyridine rings is 1.